The van der Waals surface area contributed by atoms with Crippen LogP contribution in [0.4, 0.5) is 5.69 Å². The highest BCUT2D eigenvalue weighted by atomic mass is 79.9. The van der Waals surface area contributed by atoms with Crippen molar-refractivity contribution in [2.45, 2.75) is 6.92 Å². The van der Waals surface area contributed by atoms with Crippen molar-refractivity contribution in [3.8, 4) is 0 Å². The monoisotopic (exact) mass is 369 g/mol. The maximum Gasteiger partial charge on any atom is 0.355 e. The molecule has 2 rings (SSSR count). The quantitative estimate of drug-likeness (QED) is 0.760. The van der Waals surface area contributed by atoms with Crippen LogP contribution in [0.3, 0.4) is 0 Å². The molecule has 0 aromatic heterocycles. The van der Waals surface area contributed by atoms with E-state index in [9.17, 15) is 9.59 Å². The number of rotatable bonds is 3. The Morgan fingerprint density at radius 1 is 1.23 bits per heavy atom. The number of methoxy groups -OCH3 is 2. The van der Waals surface area contributed by atoms with Crippen molar-refractivity contribution in [1.29, 1.82) is 0 Å². The summed E-state index contributed by atoms with van der Waals surface area (Å²) < 4.78 is 15.9. The van der Waals surface area contributed by atoms with Crippen LogP contribution in [-0.4, -0.2) is 39.5 Å². The van der Waals surface area contributed by atoms with Gasteiger partial charge >= 0.3 is 11.9 Å². The van der Waals surface area contributed by atoms with Crippen LogP contribution in [0.5, 0.6) is 0 Å². The Hall–Kier alpha value is -1.86. The molecule has 0 amide bonds. The molecule has 1 heterocycles. The Balaban J connectivity index is 2.57. The number of carbonyl (C=O) groups is 2. The van der Waals surface area contributed by atoms with E-state index in [1.807, 2.05) is 25.1 Å². The minimum absolute atomic E-state index is 0.00316. The summed E-state index contributed by atoms with van der Waals surface area (Å²) in [6, 6.07) is 5.60. The normalized spacial score (nSPS) is 14.8. The third-order valence-corrected chi connectivity index (χ3v) is 3.78. The summed E-state index contributed by atoms with van der Waals surface area (Å²) >= 11 is 3.40. The predicted molar refractivity (Wildman–Crippen MR) is 83.2 cm³/mol. The fraction of sp³-hybridized carbons (Fsp3) is 0.333. The van der Waals surface area contributed by atoms with E-state index in [4.69, 9.17) is 14.2 Å². The van der Waals surface area contributed by atoms with E-state index in [1.165, 1.54) is 14.2 Å². The van der Waals surface area contributed by atoms with E-state index in [0.29, 0.717) is 0 Å². The number of anilines is 1. The van der Waals surface area contributed by atoms with Crippen molar-refractivity contribution >= 4 is 33.6 Å². The lowest BCUT2D eigenvalue weighted by Gasteiger charge is -2.32. The molecule has 1 aromatic carbocycles. The average molecular weight is 370 g/mol. The minimum Gasteiger partial charge on any atom is -0.466 e. The van der Waals surface area contributed by atoms with Gasteiger partial charge in [-0.3, -0.25) is 0 Å². The molecule has 118 valence electrons. The fourth-order valence-electron chi connectivity index (χ4n) is 2.26. The largest absolute Gasteiger partial charge is 0.466 e. The molecule has 0 spiro atoms. The molecule has 0 N–H and O–H groups in total. The Morgan fingerprint density at radius 3 is 2.50 bits per heavy atom. The topological polar surface area (TPSA) is 65.1 Å². The van der Waals surface area contributed by atoms with Crippen LogP contribution >= 0.6 is 15.9 Å². The maximum absolute atomic E-state index is 12.2. The average Bonchev–Trinajstić information content (AvgIpc) is 2.52. The van der Waals surface area contributed by atoms with Gasteiger partial charge in [0.25, 0.3) is 0 Å². The van der Waals surface area contributed by atoms with Gasteiger partial charge in [0.2, 0.25) is 0 Å². The van der Waals surface area contributed by atoms with Crippen LogP contribution < -0.4 is 4.90 Å². The zero-order valence-electron chi connectivity index (χ0n) is 12.5. The molecule has 0 bridgehead atoms. The molecule has 1 aliphatic rings. The van der Waals surface area contributed by atoms with Gasteiger partial charge < -0.3 is 19.1 Å². The Kier molecular flexibility index (Phi) is 5.20. The van der Waals surface area contributed by atoms with E-state index in [2.05, 4.69) is 15.9 Å². The molecule has 6 nitrogen and oxygen atoms in total. The van der Waals surface area contributed by atoms with Crippen LogP contribution in [0, 0.1) is 6.92 Å². The van der Waals surface area contributed by atoms with Crippen molar-refractivity contribution in [2.75, 3.05) is 32.5 Å². The number of esters is 2. The van der Waals surface area contributed by atoms with Gasteiger partial charge in [-0.25, -0.2) is 9.59 Å². The minimum atomic E-state index is -0.611. The van der Waals surface area contributed by atoms with Crippen LogP contribution in [0.25, 0.3) is 0 Å². The first-order valence-corrected chi connectivity index (χ1v) is 7.30. The summed E-state index contributed by atoms with van der Waals surface area (Å²) in [6.07, 6.45) is 0. The van der Waals surface area contributed by atoms with Crippen LogP contribution in [0.1, 0.15) is 5.56 Å². The molecule has 0 saturated carbocycles. The summed E-state index contributed by atoms with van der Waals surface area (Å²) in [5, 5.41) is 0. The third kappa shape index (κ3) is 3.15. The molecule has 1 aliphatic heterocycles. The first-order chi connectivity index (χ1) is 10.5. The standard InChI is InChI=1S/C15H16BrNO5/c1-9-6-10(16)4-5-12(9)17-8-22-7-11(14(18)20-2)13(17)15(19)21-3/h4-6H,7-8H2,1-3H3. The van der Waals surface area contributed by atoms with Gasteiger partial charge in [-0.2, -0.15) is 0 Å². The van der Waals surface area contributed by atoms with Crippen molar-refractivity contribution in [2.24, 2.45) is 0 Å². The maximum atomic E-state index is 12.2. The van der Waals surface area contributed by atoms with Crippen molar-refractivity contribution in [3.63, 3.8) is 0 Å². The molecule has 0 radical (unpaired) electrons. The van der Waals surface area contributed by atoms with Crippen molar-refractivity contribution in [3.05, 3.63) is 39.5 Å². The third-order valence-electron chi connectivity index (χ3n) is 3.28. The molecular weight excluding hydrogens is 354 g/mol. The number of benzene rings is 1. The number of ether oxygens (including phenoxy) is 3. The first-order valence-electron chi connectivity index (χ1n) is 6.50. The highest BCUT2D eigenvalue weighted by molar-refractivity contribution is 9.10. The van der Waals surface area contributed by atoms with E-state index in [1.54, 1.807) is 4.90 Å². The second-order valence-electron chi connectivity index (χ2n) is 4.65. The smallest absolute Gasteiger partial charge is 0.355 e. The second kappa shape index (κ2) is 6.93. The number of carbonyl (C=O) groups excluding carboxylic acids is 2. The molecular formula is C15H16BrNO5. The number of hydrogen-bond acceptors (Lipinski definition) is 6. The molecule has 1 aromatic rings. The number of hydrogen-bond donors (Lipinski definition) is 0. The number of nitrogens with zero attached hydrogens (tertiary/aromatic N) is 1. The van der Waals surface area contributed by atoms with Crippen LogP contribution in [0.15, 0.2) is 33.9 Å². The van der Waals surface area contributed by atoms with Gasteiger partial charge in [0.1, 0.15) is 12.4 Å². The highest BCUT2D eigenvalue weighted by Crippen LogP contribution is 2.30. The van der Waals surface area contributed by atoms with Gasteiger partial charge in [0, 0.05) is 10.2 Å². The summed E-state index contributed by atoms with van der Waals surface area (Å²) in [7, 11) is 2.53. The van der Waals surface area contributed by atoms with E-state index in [-0.39, 0.29) is 24.6 Å². The lowest BCUT2D eigenvalue weighted by molar-refractivity contribution is -0.140. The molecule has 0 aliphatic carbocycles. The van der Waals surface area contributed by atoms with Gasteiger partial charge in [0.15, 0.2) is 0 Å². The first kappa shape index (κ1) is 16.5. The lowest BCUT2D eigenvalue weighted by atomic mass is 10.1. The summed E-state index contributed by atoms with van der Waals surface area (Å²) in [6.45, 7) is 2.05. The number of halogens is 1. The summed E-state index contributed by atoms with van der Waals surface area (Å²) in [4.78, 5) is 25.7. The molecule has 22 heavy (non-hydrogen) atoms. The van der Waals surface area contributed by atoms with E-state index < -0.39 is 11.9 Å². The summed E-state index contributed by atoms with van der Waals surface area (Å²) in [5.74, 6) is -1.22. The van der Waals surface area contributed by atoms with E-state index >= 15 is 0 Å². The molecule has 0 atom stereocenters. The van der Waals surface area contributed by atoms with Crippen molar-refractivity contribution in [1.82, 2.24) is 0 Å². The van der Waals surface area contributed by atoms with E-state index in [0.717, 1.165) is 15.7 Å². The van der Waals surface area contributed by atoms with Crippen LogP contribution in [-0.2, 0) is 23.8 Å². The zero-order valence-corrected chi connectivity index (χ0v) is 14.1. The molecule has 0 saturated heterocycles. The lowest BCUT2D eigenvalue weighted by Crippen LogP contribution is -2.39. The summed E-state index contributed by atoms with van der Waals surface area (Å²) in [5.41, 5.74) is 1.96. The van der Waals surface area contributed by atoms with Gasteiger partial charge in [-0.15, -0.1) is 0 Å². The second-order valence-corrected chi connectivity index (χ2v) is 5.56. The Bertz CT molecular complexity index is 641. The fourth-order valence-corrected chi connectivity index (χ4v) is 2.73. The Labute approximate surface area is 136 Å². The van der Waals surface area contributed by atoms with Gasteiger partial charge in [-0.1, -0.05) is 15.9 Å². The Morgan fingerprint density at radius 2 is 1.91 bits per heavy atom. The highest BCUT2D eigenvalue weighted by Gasteiger charge is 2.32. The predicted octanol–water partition coefficient (Wildman–Crippen LogP) is 2.15. The molecule has 0 unspecified atom stereocenters. The number of aryl methyl sites for hydroxylation is 1. The van der Waals surface area contributed by atoms with Gasteiger partial charge in [-0.05, 0) is 30.7 Å². The molecule has 0 fully saturated rings. The van der Waals surface area contributed by atoms with Crippen molar-refractivity contribution < 1.29 is 23.8 Å². The zero-order chi connectivity index (χ0) is 16.3. The molecule has 7 heteroatoms. The SMILES string of the molecule is COC(=O)C1=C(C(=O)OC)N(c2ccc(Br)cc2C)COC1. The van der Waals surface area contributed by atoms with Gasteiger partial charge in [0.05, 0.1) is 26.4 Å². The van der Waals surface area contributed by atoms with Crippen LogP contribution in [0.2, 0.25) is 0 Å².